The minimum Gasteiger partial charge on any atom is -0.508 e. The molecule has 0 spiro atoms. The zero-order chi connectivity index (χ0) is 32.1. The Morgan fingerprint density at radius 1 is 0.932 bits per heavy atom. The number of aromatic hydroxyl groups is 1. The first-order chi connectivity index (χ1) is 21.1. The Labute approximate surface area is 257 Å². The number of hydrogen-bond donors (Lipinski definition) is 9. The summed E-state index contributed by atoms with van der Waals surface area (Å²) in [5.74, 6) is -1.80. The molecule has 0 fully saturated rings. The minimum absolute atomic E-state index is 0.0162. The van der Waals surface area contributed by atoms with Crippen LogP contribution in [0.5, 0.6) is 5.75 Å². The second kappa shape index (κ2) is 17.3. The topological polar surface area (TPSA) is 241 Å². The molecule has 0 saturated carbocycles. The van der Waals surface area contributed by atoms with Gasteiger partial charge in [-0.1, -0.05) is 30.3 Å². The van der Waals surface area contributed by atoms with Gasteiger partial charge in [0.05, 0.1) is 6.04 Å². The molecule has 240 valence electrons. The fraction of sp³-hybridized carbons (Fsp3) is 0.484. The number of nitrogens with one attached hydrogen (secondary N) is 4. The number of amides is 4. The van der Waals surface area contributed by atoms with Gasteiger partial charge in [-0.2, -0.15) is 0 Å². The van der Waals surface area contributed by atoms with E-state index >= 15 is 0 Å². The third-order valence-electron chi connectivity index (χ3n) is 7.50. The first-order valence-corrected chi connectivity index (χ1v) is 15.1. The Morgan fingerprint density at radius 3 is 2.41 bits per heavy atom. The van der Waals surface area contributed by atoms with Crippen LogP contribution in [0.4, 0.5) is 0 Å². The number of carbonyl (C=O) groups excluding carboxylic acids is 4. The van der Waals surface area contributed by atoms with Gasteiger partial charge in [-0.25, -0.2) is 0 Å². The molecule has 1 aliphatic heterocycles. The predicted octanol–water partition coefficient (Wildman–Crippen LogP) is -1.12. The van der Waals surface area contributed by atoms with Gasteiger partial charge in [0.1, 0.15) is 17.8 Å². The smallest absolute Gasteiger partial charge is 0.242 e. The highest BCUT2D eigenvalue weighted by Crippen LogP contribution is 2.28. The maximum Gasteiger partial charge on any atom is 0.242 e. The summed E-state index contributed by atoms with van der Waals surface area (Å²) in [6.45, 7) is 1.19. The van der Waals surface area contributed by atoms with E-state index in [9.17, 15) is 24.3 Å². The first kappa shape index (κ1) is 34.5. The molecule has 4 bridgehead atoms. The first-order valence-electron chi connectivity index (χ1n) is 15.1. The number of fused-ring (bicyclic) bond motifs is 5. The third kappa shape index (κ3) is 10.3. The molecule has 2 aromatic carbocycles. The molecule has 44 heavy (non-hydrogen) atoms. The molecule has 13 nitrogen and oxygen atoms in total. The molecular weight excluding hydrogens is 564 g/mol. The summed E-state index contributed by atoms with van der Waals surface area (Å²) in [5.41, 5.74) is 26.1. The number of rotatable bonds is 12. The van der Waals surface area contributed by atoms with Crippen molar-refractivity contribution >= 4 is 23.6 Å². The number of phenolic OH excluding ortho intramolecular Hbond substituents is 1. The van der Waals surface area contributed by atoms with Crippen LogP contribution in [0, 0.1) is 0 Å². The molecule has 0 radical (unpaired) electrons. The van der Waals surface area contributed by atoms with Gasteiger partial charge in [0.25, 0.3) is 0 Å². The van der Waals surface area contributed by atoms with Gasteiger partial charge < -0.3 is 49.3 Å². The molecule has 1 heterocycles. The van der Waals surface area contributed by atoms with Crippen molar-refractivity contribution < 1.29 is 24.3 Å². The average Bonchev–Trinajstić information content (AvgIpc) is 3.00. The van der Waals surface area contributed by atoms with E-state index in [0.717, 1.165) is 16.7 Å². The molecule has 4 amide bonds. The second-order valence-electron chi connectivity index (χ2n) is 11.1. The van der Waals surface area contributed by atoms with E-state index in [1.807, 2.05) is 24.3 Å². The predicted molar refractivity (Wildman–Crippen MR) is 168 cm³/mol. The third-order valence-corrected chi connectivity index (χ3v) is 7.50. The zero-order valence-electron chi connectivity index (χ0n) is 25.0. The number of phenols is 1. The second-order valence-corrected chi connectivity index (χ2v) is 11.1. The van der Waals surface area contributed by atoms with Crippen LogP contribution in [0.2, 0.25) is 0 Å². The molecule has 4 atom stereocenters. The van der Waals surface area contributed by atoms with Crippen LogP contribution < -0.4 is 44.2 Å². The molecule has 0 aromatic heterocycles. The number of nitrogens with two attached hydrogens (primary N) is 4. The lowest BCUT2D eigenvalue weighted by atomic mass is 9.95. The van der Waals surface area contributed by atoms with Crippen molar-refractivity contribution in [1.29, 1.82) is 0 Å². The average molecular weight is 611 g/mol. The standard InChI is InChI=1S/C31H46N8O5/c32-10-2-6-25(30(43)36-13-12-34)38-28(41)18-23-15-19-4-1-5-20(14-19)21-8-9-27(40)22(16-21)17-24(35)29(42)39-26(7-3-11-33)31(44)37-23/h1,4-5,8-9,14,16,23-26,40H,2-3,6-7,10-13,15,17-18,32-35H2,(H,36,43)(H,37,44)(H,38,41)(H,39,42)/t23-,24-,25-,26-/m0/s1. The van der Waals surface area contributed by atoms with E-state index in [2.05, 4.69) is 21.3 Å². The highest BCUT2D eigenvalue weighted by atomic mass is 16.3. The summed E-state index contributed by atoms with van der Waals surface area (Å²) in [6, 6.07) is 9.30. The van der Waals surface area contributed by atoms with Crippen molar-refractivity contribution in [3.05, 3.63) is 53.6 Å². The zero-order valence-corrected chi connectivity index (χ0v) is 25.0. The van der Waals surface area contributed by atoms with E-state index in [4.69, 9.17) is 22.9 Å². The molecule has 13 heteroatoms. The summed E-state index contributed by atoms with van der Waals surface area (Å²) < 4.78 is 0. The highest BCUT2D eigenvalue weighted by Gasteiger charge is 2.28. The molecule has 2 aromatic rings. The van der Waals surface area contributed by atoms with Gasteiger partial charge >= 0.3 is 0 Å². The van der Waals surface area contributed by atoms with Crippen LogP contribution in [0.3, 0.4) is 0 Å². The van der Waals surface area contributed by atoms with Gasteiger partial charge in [-0.15, -0.1) is 0 Å². The molecule has 1 aliphatic rings. The van der Waals surface area contributed by atoms with Crippen molar-refractivity contribution in [2.75, 3.05) is 26.2 Å². The van der Waals surface area contributed by atoms with Crippen LogP contribution >= 0.6 is 0 Å². The van der Waals surface area contributed by atoms with Gasteiger partial charge in [0.2, 0.25) is 23.6 Å². The highest BCUT2D eigenvalue weighted by molar-refractivity contribution is 5.91. The summed E-state index contributed by atoms with van der Waals surface area (Å²) in [7, 11) is 0. The maximum atomic E-state index is 13.6. The van der Waals surface area contributed by atoms with Crippen LogP contribution in [0.1, 0.15) is 43.2 Å². The molecule has 3 rings (SSSR count). The molecule has 0 saturated heterocycles. The lowest BCUT2D eigenvalue weighted by Crippen LogP contribution is -2.55. The van der Waals surface area contributed by atoms with Gasteiger partial charge in [0.15, 0.2) is 0 Å². The monoisotopic (exact) mass is 610 g/mol. The molecular formula is C31H46N8O5. The Balaban J connectivity index is 1.94. The van der Waals surface area contributed by atoms with E-state index in [-0.39, 0.29) is 44.0 Å². The van der Waals surface area contributed by atoms with E-state index in [1.165, 1.54) is 0 Å². The maximum absolute atomic E-state index is 13.6. The van der Waals surface area contributed by atoms with Crippen molar-refractivity contribution in [2.45, 2.75) is 69.1 Å². The largest absolute Gasteiger partial charge is 0.508 e. The summed E-state index contributed by atoms with van der Waals surface area (Å²) in [6.07, 6.45) is 1.82. The van der Waals surface area contributed by atoms with Crippen LogP contribution in [-0.4, -0.2) is 79.1 Å². The molecule has 0 aliphatic carbocycles. The van der Waals surface area contributed by atoms with E-state index < -0.39 is 41.9 Å². The van der Waals surface area contributed by atoms with Crippen LogP contribution in [0.15, 0.2) is 42.5 Å². The Kier molecular flexibility index (Phi) is 13.5. The number of hydrogen-bond acceptors (Lipinski definition) is 9. The Bertz CT molecular complexity index is 1290. The fourth-order valence-corrected chi connectivity index (χ4v) is 5.15. The van der Waals surface area contributed by atoms with Gasteiger partial charge in [0, 0.05) is 32.0 Å². The van der Waals surface area contributed by atoms with Crippen molar-refractivity contribution in [2.24, 2.45) is 22.9 Å². The quantitative estimate of drug-likeness (QED) is 0.141. The van der Waals surface area contributed by atoms with Gasteiger partial charge in [-0.3, -0.25) is 19.2 Å². The van der Waals surface area contributed by atoms with Crippen LogP contribution in [0.25, 0.3) is 11.1 Å². The normalized spacial score (nSPS) is 19.5. The fourth-order valence-electron chi connectivity index (χ4n) is 5.15. The lowest BCUT2D eigenvalue weighted by Gasteiger charge is -2.25. The number of carbonyl (C=O) groups is 4. The minimum atomic E-state index is -1.03. The summed E-state index contributed by atoms with van der Waals surface area (Å²) >= 11 is 0. The Hall–Kier alpha value is -4.04. The SMILES string of the molecule is NCCC[C@H](NC(=O)C[C@@H]1Cc2cccc(c2)-c2ccc(O)c(c2)C[C@H](N)C(=O)N[C@@H](CCCN)C(=O)N1)C(=O)NCCN. The Morgan fingerprint density at radius 2 is 1.68 bits per heavy atom. The molecule has 13 N–H and O–H groups in total. The summed E-state index contributed by atoms with van der Waals surface area (Å²) in [4.78, 5) is 52.6. The van der Waals surface area contributed by atoms with Crippen molar-refractivity contribution in [3.8, 4) is 16.9 Å². The lowest BCUT2D eigenvalue weighted by molar-refractivity contribution is -0.131. The number of benzene rings is 2. The van der Waals surface area contributed by atoms with Crippen molar-refractivity contribution in [3.63, 3.8) is 0 Å². The van der Waals surface area contributed by atoms with Crippen molar-refractivity contribution in [1.82, 2.24) is 21.3 Å². The van der Waals surface area contributed by atoms with Gasteiger partial charge in [-0.05, 0) is 79.6 Å². The molecule has 0 unspecified atom stereocenters. The van der Waals surface area contributed by atoms with E-state index in [0.29, 0.717) is 44.3 Å². The summed E-state index contributed by atoms with van der Waals surface area (Å²) in [5, 5.41) is 21.6. The van der Waals surface area contributed by atoms with Crippen LogP contribution in [-0.2, 0) is 32.0 Å². The van der Waals surface area contributed by atoms with E-state index in [1.54, 1.807) is 18.2 Å².